The lowest BCUT2D eigenvalue weighted by atomic mass is 10.0. The maximum Gasteiger partial charge on any atom is 0.329 e. The van der Waals surface area contributed by atoms with Gasteiger partial charge in [-0.05, 0) is 68.3 Å². The van der Waals surface area contributed by atoms with Crippen molar-refractivity contribution in [3.8, 4) is 11.5 Å². The highest BCUT2D eigenvalue weighted by Gasteiger charge is 2.32. The molecular weight excluding hydrogens is 374 g/mol. The number of para-hydroxylation sites is 2. The molecule has 0 heterocycles. The van der Waals surface area contributed by atoms with Gasteiger partial charge in [0.15, 0.2) is 0 Å². The van der Waals surface area contributed by atoms with Crippen molar-refractivity contribution in [1.82, 2.24) is 0 Å². The van der Waals surface area contributed by atoms with E-state index in [4.69, 9.17) is 9.47 Å². The predicted octanol–water partition coefficient (Wildman–Crippen LogP) is 6.59. The first-order chi connectivity index (χ1) is 14.5. The van der Waals surface area contributed by atoms with Crippen LogP contribution in [0.5, 0.6) is 11.5 Å². The first kappa shape index (κ1) is 21.4. The van der Waals surface area contributed by atoms with Gasteiger partial charge in [0.2, 0.25) is 0 Å². The van der Waals surface area contributed by atoms with Crippen LogP contribution < -0.4 is 9.64 Å². The third kappa shape index (κ3) is 5.41. The van der Waals surface area contributed by atoms with Crippen LogP contribution in [0.15, 0.2) is 84.9 Å². The van der Waals surface area contributed by atoms with E-state index in [2.05, 4.69) is 0 Å². The van der Waals surface area contributed by atoms with Gasteiger partial charge in [0.25, 0.3) is 0 Å². The van der Waals surface area contributed by atoms with E-state index in [0.29, 0.717) is 0 Å². The Kier molecular flexibility index (Phi) is 7.12. The quantitative estimate of drug-likeness (QED) is 0.398. The maximum absolute atomic E-state index is 13.0. The Balaban J connectivity index is 1.95. The molecule has 3 aromatic carbocycles. The Morgan fingerprint density at radius 2 is 1.20 bits per heavy atom. The van der Waals surface area contributed by atoms with Crippen molar-refractivity contribution in [3.05, 3.63) is 84.9 Å². The summed E-state index contributed by atoms with van der Waals surface area (Å²) in [4.78, 5) is 15.0. The van der Waals surface area contributed by atoms with E-state index >= 15 is 0 Å². The van der Waals surface area contributed by atoms with Crippen LogP contribution in [0.3, 0.4) is 0 Å². The monoisotopic (exact) mass is 403 g/mol. The van der Waals surface area contributed by atoms with Crippen molar-refractivity contribution in [2.24, 2.45) is 5.92 Å². The smallest absolute Gasteiger partial charge is 0.329 e. The van der Waals surface area contributed by atoms with E-state index in [-0.39, 0.29) is 18.0 Å². The summed E-state index contributed by atoms with van der Waals surface area (Å²) in [6.45, 7) is 7.82. The fourth-order valence-corrected chi connectivity index (χ4v) is 3.34. The Bertz CT molecular complexity index is 922. The normalized spacial score (nSPS) is 11.9. The molecule has 0 aliphatic carbocycles. The zero-order chi connectivity index (χ0) is 21.5. The summed E-state index contributed by atoms with van der Waals surface area (Å²) in [6, 6.07) is 26.9. The fourth-order valence-electron chi connectivity index (χ4n) is 3.34. The van der Waals surface area contributed by atoms with Crippen LogP contribution in [0.2, 0.25) is 0 Å². The van der Waals surface area contributed by atoms with Crippen molar-refractivity contribution >= 4 is 17.3 Å². The molecule has 0 fully saturated rings. The van der Waals surface area contributed by atoms with Crippen molar-refractivity contribution in [1.29, 1.82) is 0 Å². The highest BCUT2D eigenvalue weighted by Crippen LogP contribution is 2.33. The van der Waals surface area contributed by atoms with Crippen LogP contribution in [0.1, 0.15) is 27.7 Å². The summed E-state index contributed by atoms with van der Waals surface area (Å²) in [5.74, 6) is 1.35. The number of hydrogen-bond donors (Lipinski definition) is 0. The molecule has 0 aliphatic heterocycles. The Morgan fingerprint density at radius 3 is 1.73 bits per heavy atom. The molecule has 0 amide bonds. The Hall–Kier alpha value is -3.27. The summed E-state index contributed by atoms with van der Waals surface area (Å²) in [7, 11) is 0. The number of esters is 1. The molecular formula is C26H29NO3. The predicted molar refractivity (Wildman–Crippen MR) is 121 cm³/mol. The average Bonchev–Trinajstić information content (AvgIpc) is 2.73. The summed E-state index contributed by atoms with van der Waals surface area (Å²) >= 11 is 0. The second kappa shape index (κ2) is 9.97. The van der Waals surface area contributed by atoms with Crippen LogP contribution in [0.4, 0.5) is 11.4 Å². The molecule has 3 aromatic rings. The summed E-state index contributed by atoms with van der Waals surface area (Å²) in [5.41, 5.74) is 1.84. The number of ether oxygens (including phenoxy) is 2. The zero-order valence-electron chi connectivity index (χ0n) is 18.0. The summed E-state index contributed by atoms with van der Waals surface area (Å²) in [6.07, 6.45) is -0.168. The first-order valence-electron chi connectivity index (χ1n) is 10.3. The van der Waals surface area contributed by atoms with Gasteiger partial charge >= 0.3 is 5.97 Å². The molecule has 0 bridgehead atoms. The van der Waals surface area contributed by atoms with Gasteiger partial charge < -0.3 is 14.4 Å². The van der Waals surface area contributed by atoms with Crippen molar-refractivity contribution in [2.75, 3.05) is 4.90 Å². The Morgan fingerprint density at radius 1 is 0.700 bits per heavy atom. The van der Waals surface area contributed by atoms with Gasteiger partial charge in [-0.1, -0.05) is 50.2 Å². The average molecular weight is 404 g/mol. The second-order valence-corrected chi connectivity index (χ2v) is 7.79. The summed E-state index contributed by atoms with van der Waals surface area (Å²) in [5, 5.41) is 0. The molecule has 0 saturated carbocycles. The molecule has 0 radical (unpaired) electrons. The highest BCUT2D eigenvalue weighted by molar-refractivity contribution is 5.84. The Labute approximate surface area is 179 Å². The van der Waals surface area contributed by atoms with Crippen molar-refractivity contribution < 1.29 is 14.3 Å². The van der Waals surface area contributed by atoms with Gasteiger partial charge in [0.1, 0.15) is 17.5 Å². The topological polar surface area (TPSA) is 38.8 Å². The fraction of sp³-hybridized carbons (Fsp3) is 0.269. The number of rotatable bonds is 8. The zero-order valence-corrected chi connectivity index (χ0v) is 18.0. The molecule has 1 atom stereocenters. The number of anilines is 2. The van der Waals surface area contributed by atoms with Crippen LogP contribution in [0.25, 0.3) is 0 Å². The van der Waals surface area contributed by atoms with E-state index < -0.39 is 6.04 Å². The molecule has 0 saturated heterocycles. The lowest BCUT2D eigenvalue weighted by Crippen LogP contribution is -2.44. The number of hydrogen-bond acceptors (Lipinski definition) is 4. The molecule has 3 rings (SSSR count). The number of carbonyl (C=O) groups excluding carboxylic acids is 1. The SMILES string of the molecule is CC(C)OC(=O)C(C(C)C)N(c1ccccc1)c1ccc(Oc2ccccc2)cc1. The molecule has 1 unspecified atom stereocenters. The minimum absolute atomic E-state index is 0.0525. The minimum Gasteiger partial charge on any atom is -0.461 e. The van der Waals surface area contributed by atoms with E-state index in [1.165, 1.54) is 0 Å². The van der Waals surface area contributed by atoms with Gasteiger partial charge in [-0.3, -0.25) is 0 Å². The van der Waals surface area contributed by atoms with Crippen molar-refractivity contribution in [2.45, 2.75) is 39.8 Å². The largest absolute Gasteiger partial charge is 0.461 e. The number of carbonyl (C=O) groups is 1. The highest BCUT2D eigenvalue weighted by atomic mass is 16.5. The standard InChI is InChI=1S/C26H29NO3/c1-19(2)25(26(28)29-20(3)4)27(21-11-7-5-8-12-21)22-15-17-24(18-16-22)30-23-13-9-6-10-14-23/h5-20,25H,1-4H3. The molecule has 156 valence electrons. The third-order valence-corrected chi connectivity index (χ3v) is 4.63. The molecule has 0 spiro atoms. The van der Waals surface area contributed by atoms with Gasteiger partial charge in [-0.25, -0.2) is 4.79 Å². The van der Waals surface area contributed by atoms with Crippen LogP contribution in [0, 0.1) is 5.92 Å². The lowest BCUT2D eigenvalue weighted by molar-refractivity contribution is -0.149. The molecule has 0 aliphatic rings. The van der Waals surface area contributed by atoms with Crippen LogP contribution >= 0.6 is 0 Å². The minimum atomic E-state index is -0.448. The van der Waals surface area contributed by atoms with E-state index in [1.807, 2.05) is 118 Å². The number of nitrogens with zero attached hydrogens (tertiary/aromatic N) is 1. The van der Waals surface area contributed by atoms with Gasteiger partial charge in [0.05, 0.1) is 6.10 Å². The molecule has 4 nitrogen and oxygen atoms in total. The van der Waals surface area contributed by atoms with Gasteiger partial charge in [-0.2, -0.15) is 0 Å². The van der Waals surface area contributed by atoms with E-state index in [9.17, 15) is 4.79 Å². The molecule has 0 N–H and O–H groups in total. The van der Waals surface area contributed by atoms with E-state index in [0.717, 1.165) is 22.9 Å². The van der Waals surface area contributed by atoms with Gasteiger partial charge in [0, 0.05) is 11.4 Å². The first-order valence-corrected chi connectivity index (χ1v) is 10.3. The van der Waals surface area contributed by atoms with E-state index in [1.54, 1.807) is 0 Å². The van der Waals surface area contributed by atoms with Crippen LogP contribution in [-0.4, -0.2) is 18.1 Å². The molecule has 30 heavy (non-hydrogen) atoms. The van der Waals surface area contributed by atoms with Gasteiger partial charge in [-0.15, -0.1) is 0 Å². The van der Waals surface area contributed by atoms with Crippen LogP contribution in [-0.2, 0) is 9.53 Å². The maximum atomic E-state index is 13.0. The second-order valence-electron chi connectivity index (χ2n) is 7.79. The molecule has 4 heteroatoms. The molecule has 0 aromatic heterocycles. The number of benzene rings is 3. The van der Waals surface area contributed by atoms with Crippen molar-refractivity contribution in [3.63, 3.8) is 0 Å². The lowest BCUT2D eigenvalue weighted by Gasteiger charge is -2.35. The third-order valence-electron chi connectivity index (χ3n) is 4.63. The summed E-state index contributed by atoms with van der Waals surface area (Å²) < 4.78 is 11.5.